The molecule has 0 aromatic carbocycles. The molecule has 0 aliphatic heterocycles. The fourth-order valence-corrected chi connectivity index (χ4v) is 4.94. The zero-order chi connectivity index (χ0) is 21.9. The summed E-state index contributed by atoms with van der Waals surface area (Å²) >= 11 is 0. The SMILES string of the molecule is CCC(N)(C(=O)OC1CC2CC1C(C(F)(F)C(F)(F)S(=O)(=O)O)C2)C(C)(C)C. The van der Waals surface area contributed by atoms with E-state index in [4.69, 9.17) is 15.0 Å². The van der Waals surface area contributed by atoms with Crippen molar-refractivity contribution < 1.29 is 40.1 Å². The van der Waals surface area contributed by atoms with Crippen LogP contribution in [0.5, 0.6) is 0 Å². The summed E-state index contributed by atoms with van der Waals surface area (Å²) in [6.45, 7) is 6.85. The van der Waals surface area contributed by atoms with Crippen molar-refractivity contribution in [1.82, 2.24) is 0 Å². The molecule has 5 atom stereocenters. The van der Waals surface area contributed by atoms with Gasteiger partial charge in [-0.1, -0.05) is 27.7 Å². The van der Waals surface area contributed by atoms with Crippen LogP contribution in [0.1, 0.15) is 53.4 Å². The van der Waals surface area contributed by atoms with E-state index in [1.54, 1.807) is 27.7 Å². The van der Waals surface area contributed by atoms with E-state index < -0.39 is 62.1 Å². The molecule has 3 N–H and O–H groups in total. The van der Waals surface area contributed by atoms with Gasteiger partial charge < -0.3 is 10.5 Å². The van der Waals surface area contributed by atoms with Gasteiger partial charge in [0.2, 0.25) is 0 Å². The topological polar surface area (TPSA) is 107 Å². The summed E-state index contributed by atoms with van der Waals surface area (Å²) in [4.78, 5) is 12.7. The Labute approximate surface area is 161 Å². The molecular weight excluding hydrogens is 406 g/mol. The first-order valence-electron chi connectivity index (χ1n) is 9.12. The number of carbonyl (C=O) groups excluding carboxylic acids is 1. The molecule has 2 aliphatic carbocycles. The van der Waals surface area contributed by atoms with Crippen molar-refractivity contribution in [3.63, 3.8) is 0 Å². The summed E-state index contributed by atoms with van der Waals surface area (Å²) in [6.07, 6.45) is -0.839. The Morgan fingerprint density at radius 3 is 2.07 bits per heavy atom. The van der Waals surface area contributed by atoms with Gasteiger partial charge in [-0.25, -0.2) is 0 Å². The third-order valence-electron chi connectivity index (χ3n) is 6.45. The number of hydrogen-bond donors (Lipinski definition) is 2. The Morgan fingerprint density at radius 1 is 1.14 bits per heavy atom. The van der Waals surface area contributed by atoms with Gasteiger partial charge in [0, 0.05) is 11.8 Å². The minimum absolute atomic E-state index is 0.110. The number of hydrogen-bond acceptors (Lipinski definition) is 5. The summed E-state index contributed by atoms with van der Waals surface area (Å²) < 4.78 is 92.0. The lowest BCUT2D eigenvalue weighted by molar-refractivity contribution is -0.213. The lowest BCUT2D eigenvalue weighted by Crippen LogP contribution is -2.59. The highest BCUT2D eigenvalue weighted by Gasteiger charge is 2.72. The van der Waals surface area contributed by atoms with Gasteiger partial charge in [-0.3, -0.25) is 9.35 Å². The van der Waals surface area contributed by atoms with Gasteiger partial charge >= 0.3 is 27.3 Å². The highest BCUT2D eigenvalue weighted by Crippen LogP contribution is 2.59. The Morgan fingerprint density at radius 2 is 1.68 bits per heavy atom. The number of esters is 1. The molecule has 0 aromatic rings. The van der Waals surface area contributed by atoms with Crippen LogP contribution in [0.2, 0.25) is 0 Å². The Balaban J connectivity index is 2.26. The molecule has 164 valence electrons. The molecule has 2 saturated carbocycles. The first-order chi connectivity index (χ1) is 12.4. The fraction of sp³-hybridized carbons (Fsp3) is 0.941. The molecule has 28 heavy (non-hydrogen) atoms. The Hall–Kier alpha value is -0.940. The van der Waals surface area contributed by atoms with E-state index in [1.807, 2.05) is 0 Å². The minimum Gasteiger partial charge on any atom is -0.461 e. The van der Waals surface area contributed by atoms with E-state index in [0.717, 1.165) is 0 Å². The predicted octanol–water partition coefficient (Wildman–Crippen LogP) is 3.21. The highest BCUT2D eigenvalue weighted by atomic mass is 32.2. The lowest BCUT2D eigenvalue weighted by atomic mass is 9.72. The molecular formula is C17H27F4NO5S. The number of fused-ring (bicyclic) bond motifs is 2. The molecule has 0 heterocycles. The van der Waals surface area contributed by atoms with Gasteiger partial charge in [-0.05, 0) is 37.0 Å². The van der Waals surface area contributed by atoms with Crippen molar-refractivity contribution in [2.45, 2.75) is 76.2 Å². The Kier molecular flexibility index (Phi) is 5.67. The van der Waals surface area contributed by atoms with Crippen molar-refractivity contribution >= 4 is 16.1 Å². The summed E-state index contributed by atoms with van der Waals surface area (Å²) in [5.74, 6) is -9.38. The normalized spacial score (nSPS) is 30.9. The zero-order valence-electron chi connectivity index (χ0n) is 16.2. The summed E-state index contributed by atoms with van der Waals surface area (Å²) in [5.41, 5.74) is 4.09. The monoisotopic (exact) mass is 433 g/mol. The van der Waals surface area contributed by atoms with Crippen molar-refractivity contribution in [3.05, 3.63) is 0 Å². The second-order valence-corrected chi connectivity index (χ2v) is 10.4. The predicted molar refractivity (Wildman–Crippen MR) is 92.3 cm³/mol. The van der Waals surface area contributed by atoms with Crippen LogP contribution >= 0.6 is 0 Å². The third-order valence-corrected chi connectivity index (χ3v) is 7.37. The molecule has 0 saturated heterocycles. The van der Waals surface area contributed by atoms with Crippen LogP contribution in [0.3, 0.4) is 0 Å². The molecule has 6 nitrogen and oxygen atoms in total. The molecule has 2 bridgehead atoms. The number of ether oxygens (including phenoxy) is 1. The van der Waals surface area contributed by atoms with Crippen LogP contribution < -0.4 is 5.73 Å². The van der Waals surface area contributed by atoms with Crippen LogP contribution in [0.15, 0.2) is 0 Å². The third kappa shape index (κ3) is 3.43. The maximum absolute atomic E-state index is 14.4. The van der Waals surface area contributed by atoms with Crippen molar-refractivity contribution in [1.29, 1.82) is 0 Å². The molecule has 11 heteroatoms. The van der Waals surface area contributed by atoms with Crippen LogP contribution in [-0.2, 0) is 19.6 Å². The lowest BCUT2D eigenvalue weighted by Gasteiger charge is -2.41. The van der Waals surface area contributed by atoms with Gasteiger partial charge in [-0.2, -0.15) is 26.0 Å². The number of halogens is 4. The summed E-state index contributed by atoms with van der Waals surface area (Å²) in [5, 5.41) is -5.63. The average molecular weight is 433 g/mol. The Bertz CT molecular complexity index is 736. The van der Waals surface area contributed by atoms with Gasteiger partial charge in [-0.15, -0.1) is 0 Å². The second-order valence-electron chi connectivity index (χ2n) is 8.98. The molecule has 0 amide bonds. The van der Waals surface area contributed by atoms with Gasteiger partial charge in [0.25, 0.3) is 0 Å². The molecule has 2 rings (SSSR count). The molecule has 0 radical (unpaired) electrons. The maximum atomic E-state index is 14.4. The van der Waals surface area contributed by atoms with E-state index >= 15 is 0 Å². The quantitative estimate of drug-likeness (QED) is 0.378. The standard InChI is InChI=1S/C17H27F4NO5S/c1-5-15(22,14(2,3)4)13(23)27-12-8-9-6-10(12)11(7-9)16(18,19)17(20,21)28(24,25)26/h9-12H,5-8,22H2,1-4H3,(H,24,25,26). The first-order valence-corrected chi connectivity index (χ1v) is 10.6. The van der Waals surface area contributed by atoms with Crippen LogP contribution in [0.25, 0.3) is 0 Å². The fourth-order valence-electron chi connectivity index (χ4n) is 4.45. The number of nitrogens with two attached hydrogens (primary N) is 1. The smallest absolute Gasteiger partial charge is 0.431 e. The van der Waals surface area contributed by atoms with Crippen LogP contribution in [0.4, 0.5) is 17.6 Å². The largest absolute Gasteiger partial charge is 0.461 e. The molecule has 5 unspecified atom stereocenters. The summed E-state index contributed by atoms with van der Waals surface area (Å²) in [6, 6.07) is 0. The van der Waals surface area contributed by atoms with E-state index in [-0.39, 0.29) is 25.7 Å². The van der Waals surface area contributed by atoms with Crippen molar-refractivity contribution in [2.24, 2.45) is 28.9 Å². The van der Waals surface area contributed by atoms with Gasteiger partial charge in [0.15, 0.2) is 0 Å². The molecule has 0 aromatic heterocycles. The van der Waals surface area contributed by atoms with Crippen molar-refractivity contribution in [3.8, 4) is 0 Å². The molecule has 2 fully saturated rings. The number of rotatable bonds is 6. The van der Waals surface area contributed by atoms with Crippen LogP contribution in [-0.4, -0.2) is 41.8 Å². The maximum Gasteiger partial charge on any atom is 0.431 e. The average Bonchev–Trinajstić information content (AvgIpc) is 3.11. The molecule has 2 aliphatic rings. The zero-order valence-corrected chi connectivity index (χ0v) is 17.0. The number of carbonyl (C=O) groups is 1. The first kappa shape index (κ1) is 23.3. The molecule has 0 spiro atoms. The van der Waals surface area contributed by atoms with E-state index in [9.17, 15) is 30.8 Å². The van der Waals surface area contributed by atoms with E-state index in [1.165, 1.54) is 0 Å². The van der Waals surface area contributed by atoms with Crippen LogP contribution in [0, 0.1) is 23.2 Å². The van der Waals surface area contributed by atoms with Gasteiger partial charge in [0.1, 0.15) is 11.6 Å². The number of alkyl halides is 4. The second kappa shape index (κ2) is 6.80. The van der Waals surface area contributed by atoms with E-state index in [2.05, 4.69) is 0 Å². The van der Waals surface area contributed by atoms with E-state index in [0.29, 0.717) is 0 Å². The highest BCUT2D eigenvalue weighted by molar-refractivity contribution is 7.87. The summed E-state index contributed by atoms with van der Waals surface area (Å²) in [7, 11) is -6.31. The van der Waals surface area contributed by atoms with Gasteiger partial charge in [0.05, 0.1) is 0 Å². The minimum atomic E-state index is -6.31. The van der Waals surface area contributed by atoms with Crippen molar-refractivity contribution in [2.75, 3.05) is 0 Å².